The summed E-state index contributed by atoms with van der Waals surface area (Å²) in [5.41, 5.74) is 0. The highest BCUT2D eigenvalue weighted by atomic mass is 32.2. The number of rotatable bonds is 7. The lowest BCUT2D eigenvalue weighted by Crippen LogP contribution is -2.47. The summed E-state index contributed by atoms with van der Waals surface area (Å²) >= 11 is 0. The van der Waals surface area contributed by atoms with Gasteiger partial charge in [0.25, 0.3) is 0 Å². The van der Waals surface area contributed by atoms with Crippen molar-refractivity contribution in [3.8, 4) is 5.75 Å². The predicted molar refractivity (Wildman–Crippen MR) is 106 cm³/mol. The van der Waals surface area contributed by atoms with E-state index in [0.717, 1.165) is 13.1 Å². The highest BCUT2D eigenvalue weighted by molar-refractivity contribution is 7.89. The van der Waals surface area contributed by atoms with Crippen molar-refractivity contribution in [1.29, 1.82) is 0 Å². The Morgan fingerprint density at radius 1 is 1.14 bits per heavy atom. The molecule has 3 rings (SSSR count). The molecular formula is C19H25FN4O3S. The van der Waals surface area contributed by atoms with Crippen molar-refractivity contribution >= 4 is 15.8 Å². The first kappa shape index (κ1) is 20.5. The second-order valence-electron chi connectivity index (χ2n) is 6.76. The van der Waals surface area contributed by atoms with E-state index in [9.17, 15) is 12.8 Å². The van der Waals surface area contributed by atoms with E-state index < -0.39 is 15.8 Å². The minimum Gasteiger partial charge on any atom is -0.489 e. The summed E-state index contributed by atoms with van der Waals surface area (Å²) in [5, 5.41) is 0. The Morgan fingerprint density at radius 2 is 1.86 bits per heavy atom. The van der Waals surface area contributed by atoms with E-state index in [0.29, 0.717) is 25.5 Å². The topological polar surface area (TPSA) is 66.0 Å². The van der Waals surface area contributed by atoms with Crippen molar-refractivity contribution in [2.45, 2.75) is 4.90 Å². The first-order valence-electron chi connectivity index (χ1n) is 9.11. The highest BCUT2D eigenvalue weighted by Gasteiger charge is 2.27. The molecule has 2 heterocycles. The third kappa shape index (κ3) is 4.78. The number of hydrogen-bond acceptors (Lipinski definition) is 6. The summed E-state index contributed by atoms with van der Waals surface area (Å²) in [6.45, 7) is 3.15. The standard InChI is InChI=1S/C19H25FN4O3S/c1-22-9-11-24(12-10-22)28(25,26)16-7-8-19(21-15-16)23(2)13-14-27-18-6-4-3-5-17(18)20/h3-8,15H,9-14H2,1-2H3. The van der Waals surface area contributed by atoms with Gasteiger partial charge in [0.05, 0.1) is 6.54 Å². The maximum Gasteiger partial charge on any atom is 0.244 e. The molecule has 1 aromatic heterocycles. The number of anilines is 1. The summed E-state index contributed by atoms with van der Waals surface area (Å²) in [4.78, 5) is 8.40. The molecule has 0 saturated carbocycles. The van der Waals surface area contributed by atoms with E-state index in [-0.39, 0.29) is 17.3 Å². The number of ether oxygens (including phenoxy) is 1. The molecular weight excluding hydrogens is 383 g/mol. The van der Waals surface area contributed by atoms with Gasteiger partial charge in [-0.25, -0.2) is 17.8 Å². The van der Waals surface area contributed by atoms with Crippen molar-refractivity contribution < 1.29 is 17.5 Å². The molecule has 0 atom stereocenters. The van der Waals surface area contributed by atoms with Gasteiger partial charge in [0.2, 0.25) is 10.0 Å². The largest absolute Gasteiger partial charge is 0.489 e. The zero-order valence-electron chi connectivity index (χ0n) is 16.1. The quantitative estimate of drug-likeness (QED) is 0.695. The minimum absolute atomic E-state index is 0.191. The number of sulfonamides is 1. The van der Waals surface area contributed by atoms with Gasteiger partial charge in [-0.3, -0.25) is 0 Å². The van der Waals surface area contributed by atoms with E-state index in [1.54, 1.807) is 30.3 Å². The molecule has 1 aliphatic rings. The number of likely N-dealkylation sites (N-methyl/N-ethyl adjacent to an activating group) is 2. The molecule has 1 aromatic carbocycles. The van der Waals surface area contributed by atoms with Crippen LogP contribution in [0.3, 0.4) is 0 Å². The molecule has 0 N–H and O–H groups in total. The van der Waals surface area contributed by atoms with Crippen LogP contribution < -0.4 is 9.64 Å². The number of hydrogen-bond donors (Lipinski definition) is 0. The lowest BCUT2D eigenvalue weighted by Gasteiger charge is -2.31. The van der Waals surface area contributed by atoms with Crippen molar-refractivity contribution in [1.82, 2.24) is 14.2 Å². The molecule has 2 aromatic rings. The van der Waals surface area contributed by atoms with Gasteiger partial charge in [0, 0.05) is 39.4 Å². The Balaban J connectivity index is 1.58. The highest BCUT2D eigenvalue weighted by Crippen LogP contribution is 2.19. The third-order valence-corrected chi connectivity index (χ3v) is 6.61. The molecule has 1 aliphatic heterocycles. The summed E-state index contributed by atoms with van der Waals surface area (Å²) in [5.74, 6) is 0.425. The predicted octanol–water partition coefficient (Wildman–Crippen LogP) is 1.67. The van der Waals surface area contributed by atoms with Crippen LogP contribution in [-0.4, -0.2) is 76.0 Å². The molecule has 0 amide bonds. The Morgan fingerprint density at radius 3 is 2.50 bits per heavy atom. The number of piperazine rings is 1. The zero-order valence-corrected chi connectivity index (χ0v) is 16.9. The molecule has 7 nitrogen and oxygen atoms in total. The van der Waals surface area contributed by atoms with E-state index in [4.69, 9.17) is 4.74 Å². The molecule has 28 heavy (non-hydrogen) atoms. The van der Waals surface area contributed by atoms with Gasteiger partial charge in [-0.2, -0.15) is 4.31 Å². The molecule has 1 saturated heterocycles. The Hall–Kier alpha value is -2.23. The van der Waals surface area contributed by atoms with Crippen LogP contribution in [0, 0.1) is 5.82 Å². The lowest BCUT2D eigenvalue weighted by atomic mass is 10.3. The Labute approximate surface area is 165 Å². The van der Waals surface area contributed by atoms with Gasteiger partial charge in [-0.15, -0.1) is 0 Å². The number of pyridine rings is 1. The van der Waals surface area contributed by atoms with Crippen molar-refractivity contribution in [3.05, 3.63) is 48.4 Å². The second-order valence-corrected chi connectivity index (χ2v) is 8.70. The third-order valence-electron chi connectivity index (χ3n) is 4.73. The second kappa shape index (κ2) is 8.85. The van der Waals surface area contributed by atoms with Crippen molar-refractivity contribution in [3.63, 3.8) is 0 Å². The van der Waals surface area contributed by atoms with Crippen LogP contribution in [0.2, 0.25) is 0 Å². The minimum atomic E-state index is -3.53. The van der Waals surface area contributed by atoms with Crippen molar-refractivity contribution in [2.24, 2.45) is 0 Å². The van der Waals surface area contributed by atoms with Gasteiger partial charge in [-0.05, 0) is 31.3 Å². The summed E-state index contributed by atoms with van der Waals surface area (Å²) in [6, 6.07) is 9.49. The van der Waals surface area contributed by atoms with E-state index in [1.807, 2.05) is 19.0 Å². The Kier molecular flexibility index (Phi) is 6.48. The fraction of sp³-hybridized carbons (Fsp3) is 0.421. The normalized spacial score (nSPS) is 16.1. The van der Waals surface area contributed by atoms with Crippen LogP contribution in [0.4, 0.5) is 10.2 Å². The molecule has 0 bridgehead atoms. The molecule has 152 valence electrons. The van der Waals surface area contributed by atoms with Gasteiger partial charge >= 0.3 is 0 Å². The first-order valence-corrected chi connectivity index (χ1v) is 10.5. The fourth-order valence-electron chi connectivity index (χ4n) is 2.90. The maximum absolute atomic E-state index is 13.6. The summed E-state index contributed by atoms with van der Waals surface area (Å²) in [6.07, 6.45) is 1.39. The average Bonchev–Trinajstić information content (AvgIpc) is 2.70. The molecule has 0 spiro atoms. The SMILES string of the molecule is CN1CCN(S(=O)(=O)c2ccc(N(C)CCOc3ccccc3F)nc2)CC1. The summed E-state index contributed by atoms with van der Waals surface area (Å²) < 4.78 is 46.0. The molecule has 1 fully saturated rings. The van der Waals surface area contributed by atoms with Gasteiger partial charge in [0.15, 0.2) is 11.6 Å². The van der Waals surface area contributed by atoms with Crippen LogP contribution in [0.1, 0.15) is 0 Å². The van der Waals surface area contributed by atoms with Crippen LogP contribution in [0.5, 0.6) is 5.75 Å². The monoisotopic (exact) mass is 408 g/mol. The van der Waals surface area contributed by atoms with E-state index in [1.165, 1.54) is 16.6 Å². The van der Waals surface area contributed by atoms with Gasteiger partial charge in [-0.1, -0.05) is 12.1 Å². The van der Waals surface area contributed by atoms with E-state index in [2.05, 4.69) is 9.88 Å². The van der Waals surface area contributed by atoms with Crippen molar-refractivity contribution in [2.75, 3.05) is 58.3 Å². The molecule has 9 heteroatoms. The smallest absolute Gasteiger partial charge is 0.244 e. The zero-order chi connectivity index (χ0) is 20.1. The lowest BCUT2D eigenvalue weighted by molar-refractivity contribution is 0.222. The van der Waals surface area contributed by atoms with Crippen LogP contribution in [0.25, 0.3) is 0 Å². The number of aromatic nitrogens is 1. The number of nitrogens with zero attached hydrogens (tertiary/aromatic N) is 4. The van der Waals surface area contributed by atoms with Crippen LogP contribution in [0.15, 0.2) is 47.5 Å². The molecule has 0 unspecified atom stereocenters. The van der Waals surface area contributed by atoms with Crippen LogP contribution in [-0.2, 0) is 10.0 Å². The number of benzene rings is 1. The van der Waals surface area contributed by atoms with Gasteiger partial charge in [0.1, 0.15) is 17.3 Å². The Bertz CT molecular complexity index is 884. The van der Waals surface area contributed by atoms with Gasteiger partial charge < -0.3 is 14.5 Å². The molecule has 0 radical (unpaired) electrons. The number of para-hydroxylation sites is 1. The van der Waals surface area contributed by atoms with Crippen LogP contribution >= 0.6 is 0 Å². The summed E-state index contributed by atoms with van der Waals surface area (Å²) in [7, 11) is 0.273. The average molecular weight is 408 g/mol. The van der Waals surface area contributed by atoms with E-state index >= 15 is 0 Å². The first-order chi connectivity index (χ1) is 13.4. The maximum atomic E-state index is 13.6. The fourth-order valence-corrected chi connectivity index (χ4v) is 4.27. The molecule has 0 aliphatic carbocycles. The number of halogens is 1.